The second-order valence-corrected chi connectivity index (χ2v) is 3.68. The van der Waals surface area contributed by atoms with Crippen LogP contribution < -0.4 is 5.43 Å². The van der Waals surface area contributed by atoms with Crippen molar-refractivity contribution in [3.8, 4) is 0 Å². The third-order valence-corrected chi connectivity index (χ3v) is 2.40. The number of nitrogens with zero attached hydrogens (tertiary/aromatic N) is 7. The number of nitro groups is 5. The molecule has 0 aliphatic rings. The van der Waals surface area contributed by atoms with E-state index in [1.165, 1.54) is 0 Å². The lowest BCUT2D eigenvalue weighted by molar-refractivity contribution is -0.965. The van der Waals surface area contributed by atoms with Crippen LogP contribution in [0.5, 0.6) is 0 Å². The molecule has 0 saturated carbocycles. The highest BCUT2D eigenvalue weighted by Gasteiger charge is 2.70. The third-order valence-electron chi connectivity index (χ3n) is 2.40. The Balaban J connectivity index is 3.18. The van der Waals surface area contributed by atoms with Gasteiger partial charge in [0.1, 0.15) is 0 Å². The van der Waals surface area contributed by atoms with Crippen molar-refractivity contribution in [2.75, 3.05) is 12.0 Å². The standard InChI is InChI=1S/C5H4N8O10/c14-9(15)3-1-8(7-4(3)10(16)17)6-2-5(11(18)19,12(20)21)13(22)23/h1,6H,2H2. The highest BCUT2D eigenvalue weighted by Crippen LogP contribution is 2.23. The molecule has 0 saturated heterocycles. The SMILES string of the molecule is O=[N+]([O-])c1cn(NCC([N+](=O)[O-])([N+](=O)[O-])[N+](=O)[O-])nc1[N+](=O)[O-]. The summed E-state index contributed by atoms with van der Waals surface area (Å²) in [6.07, 6.45) is 0.378. The lowest BCUT2D eigenvalue weighted by Gasteiger charge is -2.08. The molecule has 0 spiro atoms. The molecule has 0 aromatic carbocycles. The summed E-state index contributed by atoms with van der Waals surface area (Å²) in [5.41, 5.74) is 0.543. The molecular weight excluding hydrogens is 332 g/mol. The molecule has 0 aliphatic heterocycles. The van der Waals surface area contributed by atoms with Gasteiger partial charge in [0, 0.05) is 0 Å². The van der Waals surface area contributed by atoms with Crippen LogP contribution in [0.2, 0.25) is 0 Å². The molecule has 1 aromatic heterocycles. The van der Waals surface area contributed by atoms with Crippen LogP contribution in [-0.4, -0.2) is 46.8 Å². The van der Waals surface area contributed by atoms with Crippen LogP contribution >= 0.6 is 0 Å². The van der Waals surface area contributed by atoms with Crippen molar-refractivity contribution in [3.05, 3.63) is 56.8 Å². The van der Waals surface area contributed by atoms with Gasteiger partial charge in [-0.25, -0.2) is 0 Å². The minimum Gasteiger partial charge on any atom is -0.358 e. The van der Waals surface area contributed by atoms with Gasteiger partial charge in [-0.15, -0.1) is 0 Å². The second kappa shape index (κ2) is 5.79. The summed E-state index contributed by atoms with van der Waals surface area (Å²) in [5.74, 6) is -5.17. The van der Waals surface area contributed by atoms with E-state index >= 15 is 0 Å². The first-order valence-corrected chi connectivity index (χ1v) is 5.09. The Kier molecular flexibility index (Phi) is 4.29. The molecule has 1 rings (SSSR count). The van der Waals surface area contributed by atoms with E-state index in [1.807, 2.05) is 0 Å². The first-order valence-electron chi connectivity index (χ1n) is 5.09. The van der Waals surface area contributed by atoms with E-state index in [0.29, 0.717) is 6.20 Å². The van der Waals surface area contributed by atoms with E-state index in [9.17, 15) is 50.6 Å². The number of hydrogen-bond donors (Lipinski definition) is 1. The molecule has 124 valence electrons. The van der Waals surface area contributed by atoms with Crippen molar-refractivity contribution in [2.24, 2.45) is 0 Å². The van der Waals surface area contributed by atoms with Crippen molar-refractivity contribution in [1.82, 2.24) is 9.89 Å². The highest BCUT2D eigenvalue weighted by molar-refractivity contribution is 5.44. The minimum absolute atomic E-state index is 0.168. The van der Waals surface area contributed by atoms with Crippen molar-refractivity contribution >= 4 is 11.5 Å². The fourth-order valence-corrected chi connectivity index (χ4v) is 1.28. The quantitative estimate of drug-likeness (QED) is 0.331. The van der Waals surface area contributed by atoms with Crippen molar-refractivity contribution in [3.63, 3.8) is 0 Å². The number of nitrogens with one attached hydrogen (secondary N) is 1. The molecule has 0 unspecified atom stereocenters. The maximum atomic E-state index is 10.7. The Hall–Kier alpha value is -3.99. The summed E-state index contributed by atoms with van der Waals surface area (Å²) in [4.78, 5) is 45.4. The molecule has 1 N–H and O–H groups in total. The largest absolute Gasteiger partial charge is 0.718 e. The molecule has 1 aromatic rings. The van der Waals surface area contributed by atoms with E-state index in [4.69, 9.17) is 0 Å². The van der Waals surface area contributed by atoms with E-state index in [0.717, 1.165) is 0 Å². The lowest BCUT2D eigenvalue weighted by Crippen LogP contribution is -2.58. The van der Waals surface area contributed by atoms with Gasteiger partial charge in [0.2, 0.25) is 0 Å². The molecular formula is C5H4N8O10. The van der Waals surface area contributed by atoms with Crippen molar-refractivity contribution in [1.29, 1.82) is 0 Å². The van der Waals surface area contributed by atoms with Crippen LogP contribution in [-0.2, 0) is 0 Å². The fraction of sp³-hybridized carbons (Fsp3) is 0.400. The van der Waals surface area contributed by atoms with Gasteiger partial charge in [-0.3, -0.25) is 45.9 Å². The Morgan fingerprint density at radius 2 is 1.43 bits per heavy atom. The molecule has 0 aliphatic carbocycles. The topological polar surface area (TPSA) is 246 Å². The van der Waals surface area contributed by atoms with Gasteiger partial charge in [0.05, 0.1) is 10.0 Å². The third kappa shape index (κ3) is 2.88. The Labute approximate surface area is 122 Å². The highest BCUT2D eigenvalue weighted by atomic mass is 16.7. The normalized spacial score (nSPS) is 10.8. The van der Waals surface area contributed by atoms with Crippen molar-refractivity contribution < 1.29 is 24.6 Å². The summed E-state index contributed by atoms with van der Waals surface area (Å²) in [5, 5.41) is 56.1. The number of hydrogen-bond acceptors (Lipinski definition) is 12. The van der Waals surface area contributed by atoms with Crippen LogP contribution in [0.4, 0.5) is 11.5 Å². The van der Waals surface area contributed by atoms with E-state index < -0.39 is 48.5 Å². The Morgan fingerprint density at radius 3 is 1.74 bits per heavy atom. The zero-order chi connectivity index (χ0) is 17.9. The zero-order valence-corrected chi connectivity index (χ0v) is 10.5. The predicted octanol–water partition coefficient (Wildman–Crippen LogP) is -1.27. The van der Waals surface area contributed by atoms with Gasteiger partial charge in [-0.2, -0.15) is 0 Å². The van der Waals surface area contributed by atoms with E-state index in [2.05, 4.69) is 5.10 Å². The molecule has 0 fully saturated rings. The van der Waals surface area contributed by atoms with Crippen LogP contribution in [0, 0.1) is 50.6 Å². The van der Waals surface area contributed by atoms with Crippen LogP contribution in [0.25, 0.3) is 0 Å². The van der Waals surface area contributed by atoms with Gasteiger partial charge in [-0.1, -0.05) is 4.79 Å². The summed E-state index contributed by atoms with van der Waals surface area (Å²) in [7, 11) is 0. The number of aromatic nitrogens is 2. The molecule has 18 nitrogen and oxygen atoms in total. The average molecular weight is 336 g/mol. The first-order chi connectivity index (χ1) is 10.5. The van der Waals surface area contributed by atoms with Crippen LogP contribution in [0.15, 0.2) is 6.20 Å². The van der Waals surface area contributed by atoms with E-state index in [-0.39, 0.29) is 4.79 Å². The van der Waals surface area contributed by atoms with Gasteiger partial charge >= 0.3 is 17.3 Å². The maximum Gasteiger partial charge on any atom is 0.718 e. The zero-order valence-electron chi connectivity index (χ0n) is 10.5. The summed E-state index contributed by atoms with van der Waals surface area (Å²) in [6.45, 7) is -1.59. The Bertz CT molecular complexity index is 641. The predicted molar refractivity (Wildman–Crippen MR) is 63.5 cm³/mol. The van der Waals surface area contributed by atoms with Crippen molar-refractivity contribution in [2.45, 2.75) is 5.79 Å². The maximum absolute atomic E-state index is 10.7. The van der Waals surface area contributed by atoms with E-state index in [1.54, 1.807) is 5.43 Å². The monoisotopic (exact) mass is 336 g/mol. The van der Waals surface area contributed by atoms with Gasteiger partial charge in [-0.05, 0) is 4.92 Å². The fourth-order valence-electron chi connectivity index (χ4n) is 1.28. The molecule has 0 atom stereocenters. The summed E-state index contributed by atoms with van der Waals surface area (Å²) < 4.78 is 0. The average Bonchev–Trinajstić information content (AvgIpc) is 2.82. The summed E-state index contributed by atoms with van der Waals surface area (Å²) >= 11 is 0. The minimum atomic E-state index is -3.91. The molecule has 18 heteroatoms. The molecule has 0 bridgehead atoms. The smallest absolute Gasteiger partial charge is 0.358 e. The Morgan fingerprint density at radius 1 is 0.957 bits per heavy atom. The molecule has 23 heavy (non-hydrogen) atoms. The van der Waals surface area contributed by atoms with Crippen LogP contribution in [0.3, 0.4) is 0 Å². The first kappa shape index (κ1) is 17.1. The molecule has 0 amide bonds. The second-order valence-electron chi connectivity index (χ2n) is 3.68. The molecule has 1 heterocycles. The summed E-state index contributed by atoms with van der Waals surface area (Å²) in [6, 6.07) is 0. The lowest BCUT2D eigenvalue weighted by atomic mass is 10.4. The van der Waals surface area contributed by atoms with Gasteiger partial charge < -0.3 is 10.1 Å². The van der Waals surface area contributed by atoms with Gasteiger partial charge in [0.15, 0.2) is 21.0 Å². The van der Waals surface area contributed by atoms with Crippen LogP contribution in [0.1, 0.15) is 0 Å². The number of rotatable bonds is 8. The van der Waals surface area contributed by atoms with Gasteiger partial charge in [0.25, 0.3) is 6.54 Å². The molecule has 0 radical (unpaired) electrons.